The third-order valence-electron chi connectivity index (χ3n) is 6.68. The highest BCUT2D eigenvalue weighted by Crippen LogP contribution is 2.38. The van der Waals surface area contributed by atoms with Crippen LogP contribution in [0.1, 0.15) is 58.1 Å². The van der Waals surface area contributed by atoms with Gasteiger partial charge in [-0.25, -0.2) is 14.6 Å². The van der Waals surface area contributed by atoms with Gasteiger partial charge in [0, 0.05) is 25.3 Å². The van der Waals surface area contributed by atoms with E-state index >= 15 is 0 Å². The number of likely N-dealkylation sites (tertiary alicyclic amines) is 1. The molecule has 0 unspecified atom stereocenters. The molecule has 0 radical (unpaired) electrons. The number of fused-ring (bicyclic) bond motifs is 3. The number of amides is 1. The van der Waals surface area contributed by atoms with Crippen molar-refractivity contribution in [3.05, 3.63) is 36.3 Å². The minimum atomic E-state index is -1.33. The molecule has 5 rings (SSSR count). The molecule has 0 spiro atoms. The second-order valence-electron chi connectivity index (χ2n) is 9.99. The summed E-state index contributed by atoms with van der Waals surface area (Å²) in [4.78, 5) is 23.5. The second-order valence-corrected chi connectivity index (χ2v) is 9.99. The highest BCUT2D eigenvalue weighted by molar-refractivity contribution is 5.84. The first-order chi connectivity index (χ1) is 16.2. The number of hydrogen-bond acceptors (Lipinski definition) is 6. The van der Waals surface area contributed by atoms with Crippen LogP contribution in [0.5, 0.6) is 5.75 Å². The van der Waals surface area contributed by atoms with Crippen LogP contribution in [0.15, 0.2) is 30.7 Å². The molecule has 1 aromatic carbocycles. The molecule has 1 amide bonds. The number of imidazole rings is 1. The average molecular weight is 465 g/mol. The van der Waals surface area contributed by atoms with Crippen LogP contribution in [0.2, 0.25) is 0 Å². The van der Waals surface area contributed by atoms with E-state index in [0.717, 1.165) is 41.5 Å². The molecule has 4 heterocycles. The molecule has 2 aliphatic rings. The van der Waals surface area contributed by atoms with Crippen LogP contribution in [-0.2, 0) is 11.3 Å². The zero-order chi connectivity index (χ0) is 24.0. The molecule has 34 heavy (non-hydrogen) atoms. The number of rotatable bonds is 4. The summed E-state index contributed by atoms with van der Waals surface area (Å²) in [7, 11) is 0. The lowest BCUT2D eigenvalue weighted by Gasteiger charge is -2.35. The number of aromatic nitrogens is 5. The van der Waals surface area contributed by atoms with E-state index in [1.165, 1.54) is 5.56 Å². The smallest absolute Gasteiger partial charge is 0.253 e. The van der Waals surface area contributed by atoms with Gasteiger partial charge in [0.1, 0.15) is 35.8 Å². The molecule has 9 nitrogen and oxygen atoms in total. The van der Waals surface area contributed by atoms with Crippen LogP contribution in [0.3, 0.4) is 0 Å². The van der Waals surface area contributed by atoms with E-state index in [1.807, 2.05) is 10.9 Å². The van der Waals surface area contributed by atoms with Crippen LogP contribution in [0.25, 0.3) is 22.9 Å². The minimum Gasteiger partial charge on any atom is -0.491 e. The molecule has 0 atom stereocenters. The highest BCUT2D eigenvalue weighted by Gasteiger charge is 2.32. The van der Waals surface area contributed by atoms with E-state index in [9.17, 15) is 9.90 Å². The Kier molecular flexibility index (Phi) is 5.67. The Hall–Kier alpha value is -3.20. The Morgan fingerprint density at radius 2 is 1.94 bits per heavy atom. The summed E-state index contributed by atoms with van der Waals surface area (Å²) in [5.41, 5.74) is 1.67. The molecule has 1 N–H and O–H groups in total. The lowest BCUT2D eigenvalue weighted by Crippen LogP contribution is -2.48. The Labute approximate surface area is 199 Å². The molecule has 9 heteroatoms. The summed E-state index contributed by atoms with van der Waals surface area (Å²) in [6, 6.07) is 6.58. The van der Waals surface area contributed by atoms with Gasteiger partial charge < -0.3 is 19.3 Å². The van der Waals surface area contributed by atoms with Gasteiger partial charge in [0.15, 0.2) is 5.82 Å². The van der Waals surface area contributed by atoms with Crippen molar-refractivity contribution < 1.29 is 14.6 Å². The van der Waals surface area contributed by atoms with Crippen LogP contribution in [0.4, 0.5) is 0 Å². The summed E-state index contributed by atoms with van der Waals surface area (Å²) in [6.07, 6.45) is 5.33. The first kappa shape index (κ1) is 22.6. The number of piperidine rings is 1. The largest absolute Gasteiger partial charge is 0.491 e. The Balaban J connectivity index is 1.39. The Bertz CT molecular complexity index is 1200. The first-order valence-corrected chi connectivity index (χ1v) is 12.0. The number of carbonyl (C=O) groups excluding carboxylic acids is 1. The van der Waals surface area contributed by atoms with Crippen molar-refractivity contribution >= 4 is 5.91 Å². The van der Waals surface area contributed by atoms with Gasteiger partial charge in [-0.15, -0.1) is 0 Å². The fourth-order valence-electron chi connectivity index (χ4n) is 4.87. The van der Waals surface area contributed by atoms with Gasteiger partial charge in [-0.1, -0.05) is 6.07 Å². The van der Waals surface area contributed by atoms with Crippen molar-refractivity contribution in [3.8, 4) is 28.7 Å². The molecule has 2 aromatic heterocycles. The van der Waals surface area contributed by atoms with Gasteiger partial charge in [-0.05, 0) is 64.2 Å². The molecule has 1 fully saturated rings. The molecular weight excluding hydrogens is 432 g/mol. The highest BCUT2D eigenvalue weighted by atomic mass is 16.5. The summed E-state index contributed by atoms with van der Waals surface area (Å²) < 4.78 is 10.1. The SMILES string of the molecule is CC(C)n1ncnc1-c1cn2c(n1)-c1ccc(C3CCN(C(=O)C(C)(C)O)CC3)cc1OCC2. The number of nitrogens with zero attached hydrogens (tertiary/aromatic N) is 6. The van der Waals surface area contributed by atoms with Gasteiger partial charge >= 0.3 is 0 Å². The quantitative estimate of drug-likeness (QED) is 0.636. The topological polar surface area (TPSA) is 98.3 Å². The maximum absolute atomic E-state index is 12.4. The number of benzene rings is 1. The molecule has 0 aliphatic carbocycles. The third-order valence-corrected chi connectivity index (χ3v) is 6.68. The molecule has 180 valence electrons. The number of ether oxygens (including phenoxy) is 1. The Morgan fingerprint density at radius 1 is 1.18 bits per heavy atom. The third kappa shape index (κ3) is 4.09. The lowest BCUT2D eigenvalue weighted by atomic mass is 9.88. The normalized spacial score (nSPS) is 16.7. The minimum absolute atomic E-state index is 0.197. The van der Waals surface area contributed by atoms with Crippen LogP contribution < -0.4 is 4.74 Å². The molecule has 1 saturated heterocycles. The second kappa shape index (κ2) is 8.54. The maximum Gasteiger partial charge on any atom is 0.253 e. The number of aliphatic hydroxyl groups is 1. The average Bonchev–Trinajstić information content (AvgIpc) is 3.42. The van der Waals surface area contributed by atoms with Crippen molar-refractivity contribution in [1.29, 1.82) is 0 Å². The number of carbonyl (C=O) groups is 1. The molecule has 0 saturated carbocycles. The fourth-order valence-corrected chi connectivity index (χ4v) is 4.87. The van der Waals surface area contributed by atoms with Crippen molar-refractivity contribution in [2.75, 3.05) is 19.7 Å². The summed E-state index contributed by atoms with van der Waals surface area (Å²) in [5, 5.41) is 14.4. The summed E-state index contributed by atoms with van der Waals surface area (Å²) >= 11 is 0. The van der Waals surface area contributed by atoms with Crippen LogP contribution in [0, 0.1) is 0 Å². The van der Waals surface area contributed by atoms with Gasteiger partial charge in [-0.2, -0.15) is 5.10 Å². The monoisotopic (exact) mass is 464 g/mol. The van der Waals surface area contributed by atoms with Gasteiger partial charge in [0.05, 0.1) is 12.1 Å². The van der Waals surface area contributed by atoms with Crippen molar-refractivity contribution in [1.82, 2.24) is 29.2 Å². The van der Waals surface area contributed by atoms with Crippen LogP contribution in [-0.4, -0.2) is 65.5 Å². The summed E-state index contributed by atoms with van der Waals surface area (Å²) in [6.45, 7) is 9.82. The summed E-state index contributed by atoms with van der Waals surface area (Å²) in [5.74, 6) is 2.63. The number of hydrogen-bond donors (Lipinski definition) is 1. The maximum atomic E-state index is 12.4. The van der Waals surface area contributed by atoms with Crippen molar-refractivity contribution in [2.45, 2.75) is 64.6 Å². The van der Waals surface area contributed by atoms with E-state index in [1.54, 1.807) is 25.1 Å². The zero-order valence-electron chi connectivity index (χ0n) is 20.2. The van der Waals surface area contributed by atoms with Gasteiger partial charge in [0.2, 0.25) is 0 Å². The predicted molar refractivity (Wildman–Crippen MR) is 127 cm³/mol. The lowest BCUT2D eigenvalue weighted by molar-refractivity contribution is -0.148. The zero-order valence-corrected chi connectivity index (χ0v) is 20.2. The van der Waals surface area contributed by atoms with E-state index in [0.29, 0.717) is 32.2 Å². The van der Waals surface area contributed by atoms with E-state index in [4.69, 9.17) is 9.72 Å². The van der Waals surface area contributed by atoms with E-state index < -0.39 is 5.60 Å². The molecular formula is C25H32N6O3. The fraction of sp³-hybridized carbons (Fsp3) is 0.520. The standard InChI is InChI=1S/C25H32N6O3/c1-16(2)31-23(26-15-27-31)20-14-30-11-12-34-21-13-18(5-6-19(21)22(30)28-20)17-7-9-29(10-8-17)24(32)25(3,4)33/h5-6,13-17,33H,7-12H2,1-4H3. The predicted octanol–water partition coefficient (Wildman–Crippen LogP) is 3.26. The van der Waals surface area contributed by atoms with Crippen molar-refractivity contribution in [3.63, 3.8) is 0 Å². The van der Waals surface area contributed by atoms with E-state index in [-0.39, 0.29) is 11.9 Å². The molecule has 2 aliphatic heterocycles. The van der Waals surface area contributed by atoms with E-state index in [2.05, 4.69) is 46.7 Å². The Morgan fingerprint density at radius 3 is 2.65 bits per heavy atom. The van der Waals surface area contributed by atoms with Crippen molar-refractivity contribution in [2.24, 2.45) is 0 Å². The van der Waals surface area contributed by atoms with Gasteiger partial charge in [0.25, 0.3) is 5.91 Å². The molecule has 0 bridgehead atoms. The molecule has 3 aromatic rings. The van der Waals surface area contributed by atoms with Gasteiger partial charge in [-0.3, -0.25) is 4.79 Å². The first-order valence-electron chi connectivity index (χ1n) is 12.0. The van der Waals surface area contributed by atoms with Crippen LogP contribution >= 0.6 is 0 Å².